The number of hydrogen-bond donors (Lipinski definition) is 1. The minimum absolute atomic E-state index is 0.0952. The smallest absolute Gasteiger partial charge is 0.305 e. The summed E-state index contributed by atoms with van der Waals surface area (Å²) < 4.78 is 25.1. The van der Waals surface area contributed by atoms with Crippen molar-refractivity contribution in [2.24, 2.45) is 0 Å². The fraction of sp³-hybridized carbons (Fsp3) is 0.500. The molecule has 0 spiro atoms. The quantitative estimate of drug-likeness (QED) is 0.897. The highest BCUT2D eigenvalue weighted by Crippen LogP contribution is 2.27. The molecule has 1 aromatic rings. The summed E-state index contributed by atoms with van der Waals surface area (Å²) in [7, 11) is -3.34. The average molecular weight is 312 g/mol. The maximum atomic E-state index is 11.8. The predicted octanol–water partition coefficient (Wildman–Crippen LogP) is 1.00. The van der Waals surface area contributed by atoms with Crippen LogP contribution in [0.3, 0.4) is 0 Å². The SMILES string of the molecule is C[C@H]1[C@@H](CC(=O)O)N(c2ccccc2)CCN1S(C)(=O)=O. The Balaban J connectivity index is 2.33. The van der Waals surface area contributed by atoms with E-state index in [0.717, 1.165) is 5.69 Å². The Morgan fingerprint density at radius 1 is 1.29 bits per heavy atom. The van der Waals surface area contributed by atoms with Crippen LogP contribution in [0.15, 0.2) is 30.3 Å². The first-order valence-electron chi connectivity index (χ1n) is 6.81. The van der Waals surface area contributed by atoms with Crippen LogP contribution in [0.2, 0.25) is 0 Å². The molecule has 0 amide bonds. The van der Waals surface area contributed by atoms with Gasteiger partial charge in [-0.1, -0.05) is 18.2 Å². The summed E-state index contributed by atoms with van der Waals surface area (Å²) in [5.74, 6) is -0.928. The van der Waals surface area contributed by atoms with Gasteiger partial charge in [-0.2, -0.15) is 4.31 Å². The van der Waals surface area contributed by atoms with Gasteiger partial charge < -0.3 is 10.0 Å². The number of carboxylic acids is 1. The lowest BCUT2D eigenvalue weighted by molar-refractivity contribution is -0.137. The largest absolute Gasteiger partial charge is 0.481 e. The van der Waals surface area contributed by atoms with E-state index in [1.54, 1.807) is 6.92 Å². The van der Waals surface area contributed by atoms with E-state index in [-0.39, 0.29) is 18.5 Å². The van der Waals surface area contributed by atoms with E-state index in [0.29, 0.717) is 13.1 Å². The molecular formula is C14H20N2O4S. The normalized spacial score (nSPS) is 24.0. The molecule has 0 saturated carbocycles. The van der Waals surface area contributed by atoms with Crippen LogP contribution in [-0.2, 0) is 14.8 Å². The van der Waals surface area contributed by atoms with Crippen molar-refractivity contribution in [3.8, 4) is 0 Å². The van der Waals surface area contributed by atoms with Crippen molar-refractivity contribution < 1.29 is 18.3 Å². The van der Waals surface area contributed by atoms with Gasteiger partial charge in [-0.05, 0) is 19.1 Å². The Morgan fingerprint density at radius 2 is 1.90 bits per heavy atom. The molecule has 0 radical (unpaired) electrons. The number of aliphatic carboxylic acids is 1. The van der Waals surface area contributed by atoms with Crippen LogP contribution in [0.25, 0.3) is 0 Å². The molecule has 1 fully saturated rings. The Kier molecular flexibility index (Phi) is 4.53. The second-order valence-corrected chi connectivity index (χ2v) is 7.24. The lowest BCUT2D eigenvalue weighted by Gasteiger charge is -2.46. The lowest BCUT2D eigenvalue weighted by Crippen LogP contribution is -2.60. The zero-order chi connectivity index (χ0) is 15.6. The third kappa shape index (κ3) is 3.54. The lowest BCUT2D eigenvalue weighted by atomic mass is 10.0. The molecule has 1 aromatic carbocycles. The number of benzene rings is 1. The van der Waals surface area contributed by atoms with Crippen LogP contribution in [0.5, 0.6) is 0 Å². The molecule has 0 aromatic heterocycles. The maximum absolute atomic E-state index is 11.8. The molecule has 1 aliphatic rings. The third-order valence-corrected chi connectivity index (χ3v) is 5.24. The minimum atomic E-state index is -3.34. The summed E-state index contributed by atoms with van der Waals surface area (Å²) in [6, 6.07) is 8.74. The average Bonchev–Trinajstić information content (AvgIpc) is 2.40. The zero-order valence-corrected chi connectivity index (χ0v) is 13.0. The fourth-order valence-electron chi connectivity index (χ4n) is 2.90. The highest BCUT2D eigenvalue weighted by atomic mass is 32.2. The number of piperazine rings is 1. The van der Waals surface area contributed by atoms with Gasteiger partial charge in [0.25, 0.3) is 0 Å². The maximum Gasteiger partial charge on any atom is 0.305 e. The number of hydrogen-bond acceptors (Lipinski definition) is 4. The Hall–Kier alpha value is -1.60. The van der Waals surface area contributed by atoms with Crippen LogP contribution in [0.1, 0.15) is 13.3 Å². The van der Waals surface area contributed by atoms with Crippen LogP contribution >= 0.6 is 0 Å². The summed E-state index contributed by atoms with van der Waals surface area (Å²) in [4.78, 5) is 13.1. The number of rotatable bonds is 4. The van der Waals surface area contributed by atoms with Crippen molar-refractivity contribution in [2.45, 2.75) is 25.4 Å². The van der Waals surface area contributed by atoms with E-state index in [9.17, 15) is 13.2 Å². The first-order chi connectivity index (χ1) is 9.80. The van der Waals surface area contributed by atoms with E-state index < -0.39 is 16.0 Å². The van der Waals surface area contributed by atoms with Crippen molar-refractivity contribution >= 4 is 21.7 Å². The van der Waals surface area contributed by atoms with Crippen molar-refractivity contribution in [1.29, 1.82) is 0 Å². The fourth-order valence-corrected chi connectivity index (χ4v) is 4.05. The summed E-state index contributed by atoms with van der Waals surface area (Å²) >= 11 is 0. The summed E-state index contributed by atoms with van der Waals surface area (Å²) in [6.07, 6.45) is 1.07. The van der Waals surface area contributed by atoms with E-state index >= 15 is 0 Å². The molecular weight excluding hydrogens is 292 g/mol. The van der Waals surface area contributed by atoms with Crippen LogP contribution < -0.4 is 4.90 Å². The number of para-hydroxylation sites is 1. The van der Waals surface area contributed by atoms with E-state index in [1.807, 2.05) is 35.2 Å². The number of carbonyl (C=O) groups is 1. The standard InChI is InChI=1S/C14H20N2O4S/c1-11-13(10-14(17)18)15(12-6-4-3-5-7-12)8-9-16(11)21(2,19)20/h3-7,11,13H,8-10H2,1-2H3,(H,17,18)/t11-,13+/m0/s1. The highest BCUT2D eigenvalue weighted by Gasteiger charge is 2.38. The zero-order valence-electron chi connectivity index (χ0n) is 12.1. The van der Waals surface area contributed by atoms with Gasteiger partial charge in [0.15, 0.2) is 0 Å². The van der Waals surface area contributed by atoms with Gasteiger partial charge in [0.1, 0.15) is 0 Å². The van der Waals surface area contributed by atoms with Gasteiger partial charge in [0, 0.05) is 24.8 Å². The van der Waals surface area contributed by atoms with E-state index in [1.165, 1.54) is 10.6 Å². The summed E-state index contributed by atoms with van der Waals surface area (Å²) in [6.45, 7) is 2.62. The van der Waals surface area contributed by atoms with Crippen molar-refractivity contribution in [3.05, 3.63) is 30.3 Å². The van der Waals surface area contributed by atoms with Crippen LogP contribution in [0, 0.1) is 0 Å². The number of anilines is 1. The summed E-state index contributed by atoms with van der Waals surface area (Å²) in [5, 5.41) is 9.14. The van der Waals surface area contributed by atoms with Crippen molar-refractivity contribution in [2.75, 3.05) is 24.2 Å². The third-order valence-electron chi connectivity index (χ3n) is 3.87. The molecule has 0 bridgehead atoms. The molecule has 7 heteroatoms. The van der Waals surface area contributed by atoms with Gasteiger partial charge in [0.2, 0.25) is 10.0 Å². The molecule has 0 aliphatic carbocycles. The first-order valence-corrected chi connectivity index (χ1v) is 8.66. The molecule has 6 nitrogen and oxygen atoms in total. The van der Waals surface area contributed by atoms with Gasteiger partial charge in [0.05, 0.1) is 18.7 Å². The van der Waals surface area contributed by atoms with Gasteiger partial charge in [-0.15, -0.1) is 0 Å². The van der Waals surface area contributed by atoms with Crippen molar-refractivity contribution in [1.82, 2.24) is 4.31 Å². The molecule has 1 saturated heterocycles. The molecule has 2 rings (SSSR count). The Morgan fingerprint density at radius 3 is 2.43 bits per heavy atom. The highest BCUT2D eigenvalue weighted by molar-refractivity contribution is 7.88. The number of carboxylic acid groups (broad SMARTS) is 1. The summed E-state index contributed by atoms with van der Waals surface area (Å²) in [5.41, 5.74) is 0.920. The molecule has 1 heterocycles. The monoisotopic (exact) mass is 312 g/mol. The van der Waals surface area contributed by atoms with Crippen LogP contribution in [0.4, 0.5) is 5.69 Å². The Labute approximate surface area is 125 Å². The van der Waals surface area contributed by atoms with E-state index in [2.05, 4.69) is 0 Å². The van der Waals surface area contributed by atoms with Gasteiger partial charge in [-0.25, -0.2) is 8.42 Å². The Bertz CT molecular complexity index is 603. The second kappa shape index (κ2) is 6.03. The van der Waals surface area contributed by atoms with Crippen LogP contribution in [-0.4, -0.2) is 55.2 Å². The topological polar surface area (TPSA) is 77.9 Å². The molecule has 0 unspecified atom stereocenters. The molecule has 116 valence electrons. The molecule has 1 N–H and O–H groups in total. The number of sulfonamides is 1. The molecule has 1 aliphatic heterocycles. The molecule has 2 atom stereocenters. The minimum Gasteiger partial charge on any atom is -0.481 e. The van der Waals surface area contributed by atoms with Gasteiger partial charge in [-0.3, -0.25) is 4.79 Å². The van der Waals surface area contributed by atoms with E-state index in [4.69, 9.17) is 5.11 Å². The number of nitrogens with zero attached hydrogens (tertiary/aromatic N) is 2. The predicted molar refractivity (Wildman–Crippen MR) is 80.8 cm³/mol. The van der Waals surface area contributed by atoms with Gasteiger partial charge >= 0.3 is 5.97 Å². The molecule has 21 heavy (non-hydrogen) atoms. The first kappa shape index (κ1) is 15.8. The van der Waals surface area contributed by atoms with Crippen molar-refractivity contribution in [3.63, 3.8) is 0 Å². The second-order valence-electron chi connectivity index (χ2n) is 5.31.